The Morgan fingerprint density at radius 3 is 2.26 bits per heavy atom. The molecule has 1 saturated heterocycles. The van der Waals surface area contributed by atoms with Gasteiger partial charge in [0.2, 0.25) is 0 Å². The van der Waals surface area contributed by atoms with Gasteiger partial charge in [0.1, 0.15) is 11.9 Å². The molecule has 5 nitrogen and oxygen atoms in total. The summed E-state index contributed by atoms with van der Waals surface area (Å²) in [7, 11) is -0.357. The van der Waals surface area contributed by atoms with Crippen molar-refractivity contribution in [2.75, 3.05) is 0 Å². The first kappa shape index (κ1) is 16.2. The van der Waals surface area contributed by atoms with Crippen molar-refractivity contribution in [3.63, 3.8) is 0 Å². The zero-order valence-electron chi connectivity index (χ0n) is 14.0. The summed E-state index contributed by atoms with van der Waals surface area (Å²) < 4.78 is 12.1. The van der Waals surface area contributed by atoms with E-state index < -0.39 is 6.10 Å². The number of aliphatic hydroxyl groups is 1. The molecule has 0 saturated carbocycles. The molecule has 0 radical (unpaired) electrons. The van der Waals surface area contributed by atoms with Crippen molar-refractivity contribution < 1.29 is 14.4 Å². The molecule has 0 bridgehead atoms. The number of aliphatic hydroxyl groups excluding tert-OH is 1. The van der Waals surface area contributed by atoms with Crippen LogP contribution in [0.4, 0.5) is 0 Å². The highest BCUT2D eigenvalue weighted by Gasteiger charge is 2.51. The predicted molar refractivity (Wildman–Crippen MR) is 89.4 cm³/mol. The Morgan fingerprint density at radius 2 is 1.74 bits per heavy atom. The number of hydrogen-bond donors (Lipinski definition) is 2. The van der Waals surface area contributed by atoms with E-state index in [4.69, 9.17) is 9.31 Å². The average molecular weight is 314 g/mol. The van der Waals surface area contributed by atoms with E-state index in [0.717, 1.165) is 11.0 Å². The van der Waals surface area contributed by atoms with Gasteiger partial charge in [0.15, 0.2) is 0 Å². The zero-order valence-corrected chi connectivity index (χ0v) is 14.0. The van der Waals surface area contributed by atoms with E-state index in [1.807, 2.05) is 52.0 Å². The highest BCUT2D eigenvalue weighted by Crippen LogP contribution is 2.36. The lowest BCUT2D eigenvalue weighted by molar-refractivity contribution is 0.00578. The Hall–Kier alpha value is -1.63. The Bertz CT molecular complexity index is 637. The molecule has 1 fully saturated rings. The first-order valence-corrected chi connectivity index (χ1v) is 7.90. The van der Waals surface area contributed by atoms with Gasteiger partial charge in [0.05, 0.1) is 11.2 Å². The van der Waals surface area contributed by atoms with Crippen molar-refractivity contribution >= 4 is 12.6 Å². The van der Waals surface area contributed by atoms with Crippen LogP contribution in [0.25, 0.3) is 0 Å². The van der Waals surface area contributed by atoms with Crippen molar-refractivity contribution in [3.05, 3.63) is 48.0 Å². The highest BCUT2D eigenvalue weighted by atomic mass is 16.7. The van der Waals surface area contributed by atoms with Crippen LogP contribution in [0.15, 0.2) is 36.7 Å². The molecule has 1 aromatic heterocycles. The summed E-state index contributed by atoms with van der Waals surface area (Å²) in [6.07, 6.45) is 3.23. The molecule has 1 aliphatic rings. The molecule has 2 N–H and O–H groups in total. The van der Waals surface area contributed by atoms with Crippen LogP contribution >= 0.6 is 0 Å². The maximum Gasteiger partial charge on any atom is 0.494 e. The minimum Gasteiger partial charge on any atom is -0.399 e. The van der Waals surface area contributed by atoms with Crippen LogP contribution in [-0.2, 0) is 15.7 Å². The molecular weight excluding hydrogens is 291 g/mol. The number of aromatic amines is 1. The number of benzene rings is 1. The van der Waals surface area contributed by atoms with Crippen molar-refractivity contribution in [1.29, 1.82) is 0 Å². The van der Waals surface area contributed by atoms with Crippen LogP contribution in [0.2, 0.25) is 0 Å². The number of rotatable bonds is 4. The maximum atomic E-state index is 10.1. The molecule has 23 heavy (non-hydrogen) atoms. The van der Waals surface area contributed by atoms with E-state index in [9.17, 15) is 5.11 Å². The van der Waals surface area contributed by atoms with E-state index in [1.54, 1.807) is 12.4 Å². The molecule has 0 amide bonds. The van der Waals surface area contributed by atoms with E-state index >= 15 is 0 Å². The molecule has 2 aromatic rings. The minimum atomic E-state index is -0.632. The van der Waals surface area contributed by atoms with Crippen LogP contribution < -0.4 is 5.46 Å². The molecule has 0 aliphatic carbocycles. The van der Waals surface area contributed by atoms with Crippen LogP contribution in [-0.4, -0.2) is 33.4 Å². The van der Waals surface area contributed by atoms with Gasteiger partial charge in [-0.05, 0) is 38.7 Å². The smallest absolute Gasteiger partial charge is 0.399 e. The number of nitrogens with zero attached hydrogens (tertiary/aromatic N) is 1. The standard InChI is InChI=1S/C17H23BN2O3/c1-16(2)17(3,4)23-18(22-16)13-7-5-12(6-8-13)11-14(21)15-19-9-10-20-15/h5-10,14,21H,11H2,1-4H3,(H,19,20). The predicted octanol–water partition coefficient (Wildman–Crippen LogP) is 1.98. The second kappa shape index (κ2) is 5.78. The van der Waals surface area contributed by atoms with Gasteiger partial charge in [-0.25, -0.2) is 4.98 Å². The Balaban J connectivity index is 1.68. The summed E-state index contributed by atoms with van der Waals surface area (Å²) in [6, 6.07) is 7.97. The SMILES string of the molecule is CC1(C)OB(c2ccc(CC(O)c3ncc[nH]3)cc2)OC1(C)C. The van der Waals surface area contributed by atoms with E-state index in [2.05, 4.69) is 9.97 Å². The topological polar surface area (TPSA) is 67.4 Å². The third-order valence-electron chi connectivity index (χ3n) is 4.77. The summed E-state index contributed by atoms with van der Waals surface area (Å²) in [6.45, 7) is 8.17. The summed E-state index contributed by atoms with van der Waals surface area (Å²) in [5.74, 6) is 0.583. The van der Waals surface area contributed by atoms with Gasteiger partial charge in [-0.2, -0.15) is 0 Å². The maximum absolute atomic E-state index is 10.1. The van der Waals surface area contributed by atoms with Gasteiger partial charge in [0, 0.05) is 18.8 Å². The van der Waals surface area contributed by atoms with Gasteiger partial charge in [-0.1, -0.05) is 24.3 Å². The van der Waals surface area contributed by atoms with E-state index in [1.165, 1.54) is 0 Å². The van der Waals surface area contributed by atoms with Crippen molar-refractivity contribution in [3.8, 4) is 0 Å². The van der Waals surface area contributed by atoms with E-state index in [0.29, 0.717) is 12.2 Å². The van der Waals surface area contributed by atoms with Crippen molar-refractivity contribution in [2.24, 2.45) is 0 Å². The summed E-state index contributed by atoms with van der Waals surface area (Å²) in [5, 5.41) is 10.1. The number of hydrogen-bond acceptors (Lipinski definition) is 4. The van der Waals surface area contributed by atoms with Gasteiger partial charge < -0.3 is 19.4 Å². The average Bonchev–Trinajstić information content (AvgIpc) is 3.07. The van der Waals surface area contributed by atoms with Crippen LogP contribution in [0, 0.1) is 0 Å². The summed E-state index contributed by atoms with van der Waals surface area (Å²) >= 11 is 0. The lowest BCUT2D eigenvalue weighted by Crippen LogP contribution is -2.41. The molecule has 1 unspecified atom stereocenters. The molecular formula is C17H23BN2O3. The van der Waals surface area contributed by atoms with Crippen LogP contribution in [0.1, 0.15) is 45.2 Å². The first-order chi connectivity index (χ1) is 10.8. The number of aromatic nitrogens is 2. The normalized spacial score (nSPS) is 20.7. The van der Waals surface area contributed by atoms with Gasteiger partial charge in [-0.15, -0.1) is 0 Å². The molecule has 0 spiro atoms. The highest BCUT2D eigenvalue weighted by molar-refractivity contribution is 6.62. The number of imidazole rings is 1. The van der Waals surface area contributed by atoms with Gasteiger partial charge in [-0.3, -0.25) is 0 Å². The largest absolute Gasteiger partial charge is 0.494 e. The Labute approximate surface area is 137 Å². The number of nitrogens with one attached hydrogen (secondary N) is 1. The summed E-state index contributed by atoms with van der Waals surface area (Å²) in [5.41, 5.74) is 1.34. The summed E-state index contributed by atoms with van der Waals surface area (Å²) in [4.78, 5) is 7.01. The van der Waals surface area contributed by atoms with Crippen molar-refractivity contribution in [2.45, 2.75) is 51.4 Å². The lowest BCUT2D eigenvalue weighted by atomic mass is 9.78. The Morgan fingerprint density at radius 1 is 1.13 bits per heavy atom. The fraction of sp³-hybridized carbons (Fsp3) is 0.471. The molecule has 1 aromatic carbocycles. The molecule has 6 heteroatoms. The van der Waals surface area contributed by atoms with Crippen molar-refractivity contribution in [1.82, 2.24) is 9.97 Å². The molecule has 1 atom stereocenters. The van der Waals surface area contributed by atoms with Crippen LogP contribution in [0.3, 0.4) is 0 Å². The molecule has 122 valence electrons. The first-order valence-electron chi connectivity index (χ1n) is 7.90. The van der Waals surface area contributed by atoms with Gasteiger partial charge >= 0.3 is 7.12 Å². The minimum absolute atomic E-state index is 0.341. The van der Waals surface area contributed by atoms with Crippen LogP contribution in [0.5, 0.6) is 0 Å². The monoisotopic (exact) mass is 314 g/mol. The molecule has 1 aliphatic heterocycles. The Kier molecular flexibility index (Phi) is 4.08. The zero-order chi connectivity index (χ0) is 16.7. The lowest BCUT2D eigenvalue weighted by Gasteiger charge is -2.32. The third-order valence-corrected chi connectivity index (χ3v) is 4.77. The van der Waals surface area contributed by atoms with Gasteiger partial charge in [0.25, 0.3) is 0 Å². The fourth-order valence-corrected chi connectivity index (χ4v) is 2.57. The second-order valence-corrected chi connectivity index (χ2v) is 7.02. The van der Waals surface area contributed by atoms with E-state index in [-0.39, 0.29) is 18.3 Å². The third kappa shape index (κ3) is 3.20. The molecule has 3 rings (SSSR count). The fourth-order valence-electron chi connectivity index (χ4n) is 2.57. The quantitative estimate of drug-likeness (QED) is 0.847. The second-order valence-electron chi connectivity index (χ2n) is 7.02. The number of H-pyrrole nitrogens is 1. The molecule has 2 heterocycles.